The second kappa shape index (κ2) is 8.14. The fourth-order valence-electron chi connectivity index (χ4n) is 2.82. The fraction of sp³-hybridized carbons (Fsp3) is 0.211. The summed E-state index contributed by atoms with van der Waals surface area (Å²) < 4.78 is 0.852. The van der Waals surface area contributed by atoms with Gasteiger partial charge in [0.1, 0.15) is 0 Å². The van der Waals surface area contributed by atoms with Crippen molar-refractivity contribution in [1.82, 2.24) is 5.32 Å². The minimum absolute atomic E-state index is 0.0880. The number of hydrogen-bond acceptors (Lipinski definition) is 3. The van der Waals surface area contributed by atoms with Crippen LogP contribution in [0.4, 0.5) is 11.4 Å². The minimum Gasteiger partial charge on any atom is -0.347 e. The van der Waals surface area contributed by atoms with Crippen LogP contribution < -0.4 is 15.5 Å². The molecule has 1 saturated heterocycles. The summed E-state index contributed by atoms with van der Waals surface area (Å²) in [6.45, 7) is 0.184. The van der Waals surface area contributed by atoms with Crippen LogP contribution in [0.5, 0.6) is 0 Å². The number of nitrogens with one attached hydrogen (secondary N) is 2. The van der Waals surface area contributed by atoms with Gasteiger partial charge in [0, 0.05) is 28.8 Å². The Kier molecular flexibility index (Phi) is 5.68. The molecule has 2 aromatic carbocycles. The molecule has 0 aromatic heterocycles. The van der Waals surface area contributed by atoms with E-state index in [0.29, 0.717) is 12.2 Å². The maximum atomic E-state index is 12.3. The molecule has 0 unspecified atom stereocenters. The fourth-order valence-corrected chi connectivity index (χ4v) is 3.22. The Hall–Kier alpha value is -2.67. The summed E-state index contributed by atoms with van der Waals surface area (Å²) in [5.41, 5.74) is 1.42. The van der Waals surface area contributed by atoms with Gasteiger partial charge in [-0.15, -0.1) is 0 Å². The molecule has 1 heterocycles. The zero-order valence-corrected chi connectivity index (χ0v) is 15.5. The molecular weight excluding hydrogens is 398 g/mol. The van der Waals surface area contributed by atoms with Crippen molar-refractivity contribution in [2.24, 2.45) is 5.92 Å². The first-order valence-corrected chi connectivity index (χ1v) is 9.01. The van der Waals surface area contributed by atoms with Crippen LogP contribution in [0, 0.1) is 5.92 Å². The molecule has 1 aliphatic rings. The molecule has 0 bridgehead atoms. The summed E-state index contributed by atoms with van der Waals surface area (Å²) in [7, 11) is 0. The Morgan fingerprint density at radius 1 is 1.12 bits per heavy atom. The summed E-state index contributed by atoms with van der Waals surface area (Å²) in [6, 6.07) is 16.4. The lowest BCUT2D eigenvalue weighted by molar-refractivity contribution is -0.127. The second-order valence-electron chi connectivity index (χ2n) is 6.02. The monoisotopic (exact) mass is 415 g/mol. The van der Waals surface area contributed by atoms with Gasteiger partial charge in [-0.3, -0.25) is 14.4 Å². The van der Waals surface area contributed by atoms with Crippen LogP contribution in [-0.2, 0) is 14.4 Å². The molecule has 0 spiro atoms. The topological polar surface area (TPSA) is 78.5 Å². The van der Waals surface area contributed by atoms with Crippen molar-refractivity contribution in [2.75, 3.05) is 23.3 Å². The Bertz CT molecular complexity index is 826. The molecule has 1 aliphatic heterocycles. The first kappa shape index (κ1) is 18.1. The number of para-hydroxylation sites is 1. The first-order chi connectivity index (χ1) is 12.5. The number of rotatable bonds is 5. The molecule has 0 radical (unpaired) electrons. The molecule has 26 heavy (non-hydrogen) atoms. The van der Waals surface area contributed by atoms with Crippen LogP contribution in [0.25, 0.3) is 0 Å². The van der Waals surface area contributed by atoms with E-state index in [2.05, 4.69) is 26.6 Å². The van der Waals surface area contributed by atoms with Crippen LogP contribution in [0.3, 0.4) is 0 Å². The van der Waals surface area contributed by atoms with Gasteiger partial charge in [-0.05, 0) is 30.3 Å². The molecule has 0 aliphatic carbocycles. The molecular formula is C19H18BrN3O3. The van der Waals surface area contributed by atoms with Gasteiger partial charge in [0.05, 0.1) is 12.5 Å². The standard InChI is InChI=1S/C19H18BrN3O3/c20-14-5-4-6-15(10-14)22-17(24)11-21-19(26)13-9-18(25)23(12-13)16-7-2-1-3-8-16/h1-8,10,13H,9,11-12H2,(H,21,26)(H,22,24)/t13-/m1/s1. The summed E-state index contributed by atoms with van der Waals surface area (Å²) in [4.78, 5) is 38.0. The van der Waals surface area contributed by atoms with E-state index in [9.17, 15) is 14.4 Å². The van der Waals surface area contributed by atoms with Gasteiger partial charge in [-0.1, -0.05) is 40.2 Å². The highest BCUT2D eigenvalue weighted by Gasteiger charge is 2.35. The maximum absolute atomic E-state index is 12.3. The molecule has 2 aromatic rings. The third-order valence-electron chi connectivity index (χ3n) is 4.10. The van der Waals surface area contributed by atoms with Crippen LogP contribution in [0.15, 0.2) is 59.1 Å². The predicted molar refractivity (Wildman–Crippen MR) is 103 cm³/mol. The van der Waals surface area contributed by atoms with Crippen LogP contribution in [0.2, 0.25) is 0 Å². The molecule has 7 heteroatoms. The van der Waals surface area contributed by atoms with Gasteiger partial charge in [-0.2, -0.15) is 0 Å². The number of carbonyl (C=O) groups is 3. The lowest BCUT2D eigenvalue weighted by atomic mass is 10.1. The zero-order valence-electron chi connectivity index (χ0n) is 13.9. The number of hydrogen-bond donors (Lipinski definition) is 2. The van der Waals surface area contributed by atoms with Crippen molar-refractivity contribution in [3.63, 3.8) is 0 Å². The Balaban J connectivity index is 1.51. The number of anilines is 2. The molecule has 1 atom stereocenters. The van der Waals surface area contributed by atoms with E-state index in [0.717, 1.165) is 10.2 Å². The highest BCUT2D eigenvalue weighted by molar-refractivity contribution is 9.10. The molecule has 0 saturated carbocycles. The first-order valence-electron chi connectivity index (χ1n) is 8.21. The van der Waals surface area contributed by atoms with E-state index in [4.69, 9.17) is 0 Å². The van der Waals surface area contributed by atoms with Crippen LogP contribution in [0.1, 0.15) is 6.42 Å². The highest BCUT2D eigenvalue weighted by atomic mass is 79.9. The predicted octanol–water partition coefficient (Wildman–Crippen LogP) is 2.56. The average molecular weight is 416 g/mol. The Morgan fingerprint density at radius 3 is 2.62 bits per heavy atom. The average Bonchev–Trinajstić information content (AvgIpc) is 3.02. The SMILES string of the molecule is O=C(CNC(=O)[C@@H]1CC(=O)N(c2ccccc2)C1)Nc1cccc(Br)c1. The molecule has 3 rings (SSSR count). The minimum atomic E-state index is -0.457. The van der Waals surface area contributed by atoms with E-state index < -0.39 is 5.92 Å². The molecule has 3 amide bonds. The van der Waals surface area contributed by atoms with Gasteiger partial charge in [0.25, 0.3) is 0 Å². The molecule has 6 nitrogen and oxygen atoms in total. The highest BCUT2D eigenvalue weighted by Crippen LogP contribution is 2.24. The number of amides is 3. The third-order valence-corrected chi connectivity index (χ3v) is 4.59. The summed E-state index contributed by atoms with van der Waals surface area (Å²) in [5, 5.41) is 5.32. The lowest BCUT2D eigenvalue weighted by Gasteiger charge is -2.16. The number of nitrogens with zero attached hydrogens (tertiary/aromatic N) is 1. The second-order valence-corrected chi connectivity index (χ2v) is 6.93. The maximum Gasteiger partial charge on any atom is 0.243 e. The van der Waals surface area contributed by atoms with Gasteiger partial charge in [-0.25, -0.2) is 0 Å². The van der Waals surface area contributed by atoms with E-state index in [1.54, 1.807) is 23.1 Å². The van der Waals surface area contributed by atoms with Crippen molar-refractivity contribution in [3.05, 3.63) is 59.1 Å². The molecule has 1 fully saturated rings. The Morgan fingerprint density at radius 2 is 1.88 bits per heavy atom. The van der Waals surface area contributed by atoms with E-state index in [1.807, 2.05) is 36.4 Å². The summed E-state index contributed by atoms with van der Waals surface area (Å²) in [5.74, 6) is -1.15. The number of carbonyl (C=O) groups excluding carboxylic acids is 3. The van der Waals surface area contributed by atoms with Gasteiger partial charge < -0.3 is 15.5 Å². The Labute approximate surface area is 159 Å². The van der Waals surface area contributed by atoms with Gasteiger partial charge >= 0.3 is 0 Å². The summed E-state index contributed by atoms with van der Waals surface area (Å²) >= 11 is 3.33. The third kappa shape index (κ3) is 4.49. The van der Waals surface area contributed by atoms with Crippen molar-refractivity contribution in [1.29, 1.82) is 0 Å². The molecule has 2 N–H and O–H groups in total. The lowest BCUT2D eigenvalue weighted by Crippen LogP contribution is -2.37. The van der Waals surface area contributed by atoms with Crippen LogP contribution in [-0.4, -0.2) is 30.8 Å². The van der Waals surface area contributed by atoms with Crippen molar-refractivity contribution in [3.8, 4) is 0 Å². The van der Waals surface area contributed by atoms with Crippen molar-refractivity contribution < 1.29 is 14.4 Å². The van der Waals surface area contributed by atoms with Crippen LogP contribution >= 0.6 is 15.9 Å². The largest absolute Gasteiger partial charge is 0.347 e. The summed E-state index contributed by atoms with van der Waals surface area (Å²) in [6.07, 6.45) is 0.147. The van der Waals surface area contributed by atoms with Gasteiger partial charge in [0.2, 0.25) is 17.7 Å². The van der Waals surface area contributed by atoms with Gasteiger partial charge in [0.15, 0.2) is 0 Å². The van der Waals surface area contributed by atoms with E-state index in [-0.39, 0.29) is 30.7 Å². The quantitative estimate of drug-likeness (QED) is 0.787. The number of benzene rings is 2. The smallest absolute Gasteiger partial charge is 0.243 e. The van der Waals surface area contributed by atoms with E-state index >= 15 is 0 Å². The number of halogens is 1. The normalized spacial score (nSPS) is 16.4. The molecule has 134 valence electrons. The van der Waals surface area contributed by atoms with Crippen molar-refractivity contribution >= 4 is 45.0 Å². The van der Waals surface area contributed by atoms with E-state index in [1.165, 1.54) is 0 Å². The zero-order chi connectivity index (χ0) is 18.5. The van der Waals surface area contributed by atoms with Crippen molar-refractivity contribution in [2.45, 2.75) is 6.42 Å².